The molecule has 5 heteroatoms. The summed E-state index contributed by atoms with van der Waals surface area (Å²) in [5.41, 5.74) is 5.49. The van der Waals surface area contributed by atoms with Crippen LogP contribution in [0.1, 0.15) is 33.6 Å². The van der Waals surface area contributed by atoms with Crippen molar-refractivity contribution in [3.63, 3.8) is 0 Å². The summed E-state index contributed by atoms with van der Waals surface area (Å²) >= 11 is 0. The maximum Gasteiger partial charge on any atom is 0.326 e. The van der Waals surface area contributed by atoms with Crippen LogP contribution in [0, 0.1) is 5.92 Å². The quantitative estimate of drug-likeness (QED) is 0.597. The molecule has 2 atom stereocenters. The summed E-state index contributed by atoms with van der Waals surface area (Å²) in [5, 5.41) is 11.3. The van der Waals surface area contributed by atoms with Gasteiger partial charge in [0.05, 0.1) is 0 Å². The number of nitrogens with one attached hydrogen (secondary N) is 1. The fraction of sp³-hybridized carbons (Fsp3) is 0.800. The van der Waals surface area contributed by atoms with Crippen LogP contribution in [0.4, 0.5) is 0 Å². The number of carbonyl (C=O) groups is 2. The summed E-state index contributed by atoms with van der Waals surface area (Å²) in [6, 6.07) is -0.858. The summed E-state index contributed by atoms with van der Waals surface area (Å²) in [6.07, 6.45) is 0.838. The van der Waals surface area contributed by atoms with Gasteiger partial charge in [-0.25, -0.2) is 4.79 Å². The zero-order valence-corrected chi connectivity index (χ0v) is 9.49. The number of amides is 1. The lowest BCUT2D eigenvalue weighted by molar-refractivity contribution is -0.143. The molecule has 0 saturated heterocycles. The third-order valence-electron chi connectivity index (χ3n) is 2.08. The molecule has 0 fully saturated rings. The first-order valence-corrected chi connectivity index (χ1v) is 5.12. The van der Waals surface area contributed by atoms with Crippen molar-refractivity contribution in [3.8, 4) is 0 Å². The molecular formula is C10H20N2O3. The number of carboxylic acid groups (broad SMARTS) is 1. The zero-order chi connectivity index (χ0) is 12.0. The number of rotatable bonds is 6. The highest BCUT2D eigenvalue weighted by Crippen LogP contribution is 2.03. The highest BCUT2D eigenvalue weighted by atomic mass is 16.4. The molecule has 5 nitrogen and oxygen atoms in total. The summed E-state index contributed by atoms with van der Waals surface area (Å²) in [6.45, 7) is 5.32. The first-order chi connectivity index (χ1) is 6.84. The number of hydrogen-bond acceptors (Lipinski definition) is 3. The van der Waals surface area contributed by atoms with E-state index < -0.39 is 12.0 Å². The summed E-state index contributed by atoms with van der Waals surface area (Å²) < 4.78 is 0. The van der Waals surface area contributed by atoms with Gasteiger partial charge in [0.25, 0.3) is 0 Å². The van der Waals surface area contributed by atoms with Gasteiger partial charge in [0.15, 0.2) is 0 Å². The molecule has 0 aliphatic heterocycles. The van der Waals surface area contributed by atoms with Crippen LogP contribution >= 0.6 is 0 Å². The molecule has 4 N–H and O–H groups in total. The van der Waals surface area contributed by atoms with Crippen LogP contribution in [0.2, 0.25) is 0 Å². The lowest BCUT2D eigenvalue weighted by Crippen LogP contribution is -2.44. The summed E-state index contributed by atoms with van der Waals surface area (Å²) in [4.78, 5) is 22.1. The molecular weight excluding hydrogens is 196 g/mol. The van der Waals surface area contributed by atoms with Gasteiger partial charge in [0.1, 0.15) is 6.04 Å². The van der Waals surface area contributed by atoms with Crippen LogP contribution in [0.3, 0.4) is 0 Å². The number of aliphatic carboxylic acids is 1. The third-order valence-corrected chi connectivity index (χ3v) is 2.08. The molecule has 0 radical (unpaired) electrons. The largest absolute Gasteiger partial charge is 0.480 e. The molecule has 15 heavy (non-hydrogen) atoms. The standard InChI is InChI=1S/C10H20N2O3/c1-6(2)9(10(14)15)12-8(13)5-4-7(3)11/h6-7,9H,4-5,11H2,1-3H3,(H,12,13)(H,14,15). The summed E-state index contributed by atoms with van der Waals surface area (Å²) in [7, 11) is 0. The minimum Gasteiger partial charge on any atom is -0.480 e. The van der Waals surface area contributed by atoms with Gasteiger partial charge in [-0.3, -0.25) is 4.79 Å². The van der Waals surface area contributed by atoms with E-state index in [2.05, 4.69) is 5.32 Å². The molecule has 0 aromatic heterocycles. The smallest absolute Gasteiger partial charge is 0.326 e. The van der Waals surface area contributed by atoms with E-state index in [0.717, 1.165) is 0 Å². The molecule has 0 saturated carbocycles. The average molecular weight is 216 g/mol. The monoisotopic (exact) mass is 216 g/mol. The van der Waals surface area contributed by atoms with Gasteiger partial charge >= 0.3 is 5.97 Å². The lowest BCUT2D eigenvalue weighted by Gasteiger charge is -2.18. The fourth-order valence-corrected chi connectivity index (χ4v) is 1.12. The second-order valence-corrected chi connectivity index (χ2v) is 4.14. The Morgan fingerprint density at radius 1 is 1.33 bits per heavy atom. The Bertz CT molecular complexity index is 227. The van der Waals surface area contributed by atoms with Crippen molar-refractivity contribution in [1.29, 1.82) is 0 Å². The molecule has 0 bridgehead atoms. The molecule has 0 aromatic carbocycles. The van der Waals surface area contributed by atoms with E-state index in [1.807, 2.05) is 6.92 Å². The van der Waals surface area contributed by atoms with Gasteiger partial charge in [-0.1, -0.05) is 13.8 Å². The van der Waals surface area contributed by atoms with Crippen molar-refractivity contribution in [2.45, 2.75) is 45.7 Å². The van der Waals surface area contributed by atoms with E-state index in [4.69, 9.17) is 10.8 Å². The second kappa shape index (κ2) is 6.40. The van der Waals surface area contributed by atoms with E-state index in [1.54, 1.807) is 13.8 Å². The van der Waals surface area contributed by atoms with Gasteiger partial charge < -0.3 is 16.2 Å². The number of nitrogens with two attached hydrogens (primary N) is 1. The van der Waals surface area contributed by atoms with Crippen molar-refractivity contribution in [3.05, 3.63) is 0 Å². The van der Waals surface area contributed by atoms with E-state index in [-0.39, 0.29) is 24.3 Å². The van der Waals surface area contributed by atoms with Crippen LogP contribution in [-0.2, 0) is 9.59 Å². The Labute approximate surface area is 90.0 Å². The van der Waals surface area contributed by atoms with E-state index in [9.17, 15) is 9.59 Å². The minimum atomic E-state index is -1.00. The average Bonchev–Trinajstić information content (AvgIpc) is 2.09. The molecule has 0 aliphatic rings. The maximum absolute atomic E-state index is 11.3. The van der Waals surface area contributed by atoms with Crippen molar-refractivity contribution >= 4 is 11.9 Å². The molecule has 0 rings (SSSR count). The Kier molecular flexibility index (Phi) is 5.93. The highest BCUT2D eigenvalue weighted by molar-refractivity contribution is 5.83. The van der Waals surface area contributed by atoms with Gasteiger partial charge in [0.2, 0.25) is 5.91 Å². The van der Waals surface area contributed by atoms with Gasteiger partial charge in [-0.05, 0) is 19.3 Å². The Morgan fingerprint density at radius 3 is 2.20 bits per heavy atom. The van der Waals surface area contributed by atoms with Crippen molar-refractivity contribution in [2.75, 3.05) is 0 Å². The molecule has 0 spiro atoms. The van der Waals surface area contributed by atoms with Crippen LogP contribution in [0.5, 0.6) is 0 Å². The first-order valence-electron chi connectivity index (χ1n) is 5.12. The normalized spacial score (nSPS) is 14.7. The SMILES string of the molecule is CC(N)CCC(=O)NC(C(=O)O)C(C)C. The Balaban J connectivity index is 4.07. The molecule has 0 aromatic rings. The molecule has 88 valence electrons. The van der Waals surface area contributed by atoms with Gasteiger partial charge in [-0.2, -0.15) is 0 Å². The second-order valence-electron chi connectivity index (χ2n) is 4.14. The van der Waals surface area contributed by atoms with Gasteiger partial charge in [-0.15, -0.1) is 0 Å². The zero-order valence-electron chi connectivity index (χ0n) is 9.49. The van der Waals surface area contributed by atoms with E-state index in [0.29, 0.717) is 6.42 Å². The molecule has 2 unspecified atom stereocenters. The first kappa shape index (κ1) is 13.9. The van der Waals surface area contributed by atoms with Crippen molar-refractivity contribution < 1.29 is 14.7 Å². The van der Waals surface area contributed by atoms with E-state index >= 15 is 0 Å². The Morgan fingerprint density at radius 2 is 1.87 bits per heavy atom. The highest BCUT2D eigenvalue weighted by Gasteiger charge is 2.22. The lowest BCUT2D eigenvalue weighted by atomic mass is 10.0. The third kappa shape index (κ3) is 6.06. The van der Waals surface area contributed by atoms with Crippen molar-refractivity contribution in [1.82, 2.24) is 5.32 Å². The predicted octanol–water partition coefficient (Wildman–Crippen LogP) is 0.339. The molecule has 0 heterocycles. The van der Waals surface area contributed by atoms with Crippen LogP contribution in [0.25, 0.3) is 0 Å². The topological polar surface area (TPSA) is 92.4 Å². The van der Waals surface area contributed by atoms with Crippen LogP contribution in [-0.4, -0.2) is 29.1 Å². The number of carbonyl (C=O) groups excluding carboxylic acids is 1. The van der Waals surface area contributed by atoms with E-state index in [1.165, 1.54) is 0 Å². The van der Waals surface area contributed by atoms with Crippen molar-refractivity contribution in [2.24, 2.45) is 11.7 Å². The fourth-order valence-electron chi connectivity index (χ4n) is 1.12. The van der Waals surface area contributed by atoms with Crippen LogP contribution in [0.15, 0.2) is 0 Å². The summed E-state index contributed by atoms with van der Waals surface area (Å²) in [5.74, 6) is -1.38. The molecule has 1 amide bonds. The Hall–Kier alpha value is -1.10. The molecule has 0 aliphatic carbocycles. The number of carboxylic acids is 1. The predicted molar refractivity (Wildman–Crippen MR) is 57.3 cm³/mol. The minimum absolute atomic E-state index is 0.0434. The van der Waals surface area contributed by atoms with Crippen LogP contribution < -0.4 is 11.1 Å². The van der Waals surface area contributed by atoms with Gasteiger partial charge in [0, 0.05) is 12.5 Å². The number of hydrogen-bond donors (Lipinski definition) is 3. The maximum atomic E-state index is 11.3.